The van der Waals surface area contributed by atoms with Crippen LogP contribution in [0.25, 0.3) is 0 Å². The van der Waals surface area contributed by atoms with Crippen LogP contribution in [0.5, 0.6) is 5.75 Å². The van der Waals surface area contributed by atoms with Gasteiger partial charge in [-0.2, -0.15) is 0 Å². The van der Waals surface area contributed by atoms with Crippen molar-refractivity contribution in [1.29, 1.82) is 0 Å². The number of nitro benzene ring substituents is 1. The average Bonchev–Trinajstić information content (AvgIpc) is 2.56. The van der Waals surface area contributed by atoms with Gasteiger partial charge in [-0.3, -0.25) is 10.1 Å². The van der Waals surface area contributed by atoms with Gasteiger partial charge in [0.25, 0.3) is 0 Å². The Hall–Kier alpha value is -1.38. The van der Waals surface area contributed by atoms with E-state index < -0.39 is 17.6 Å². The van der Waals surface area contributed by atoms with E-state index in [0.717, 1.165) is 12.8 Å². The quantitative estimate of drug-likeness (QED) is 0.421. The summed E-state index contributed by atoms with van der Waals surface area (Å²) in [5, 5.41) is 11.2. The van der Waals surface area contributed by atoms with Crippen LogP contribution < -0.4 is 9.64 Å². The highest BCUT2D eigenvalue weighted by Crippen LogP contribution is 2.39. The third-order valence-electron chi connectivity index (χ3n) is 4.06. The third kappa shape index (κ3) is 3.94. The second-order valence-corrected chi connectivity index (χ2v) is 6.15. The van der Waals surface area contributed by atoms with Crippen molar-refractivity contribution in [1.82, 2.24) is 0 Å². The molecule has 0 radical (unpaired) electrons. The minimum Gasteiger partial charge on any atom is -0.490 e. The standard InChI is InChI=1S/C15H21BrN2O5/c1-21-14-9-12(11(16)8-13(14)18(19)20)17-6-4-10(5-7-17)15(22-2)23-3/h8-10,15H,4-7H2,1-3H3/i1D3. The van der Waals surface area contributed by atoms with Gasteiger partial charge in [0.15, 0.2) is 12.0 Å². The predicted molar refractivity (Wildman–Crippen MR) is 90.1 cm³/mol. The highest BCUT2D eigenvalue weighted by Gasteiger charge is 2.28. The maximum absolute atomic E-state index is 11.2. The van der Waals surface area contributed by atoms with Crippen molar-refractivity contribution in [2.24, 2.45) is 5.92 Å². The van der Waals surface area contributed by atoms with Crippen LogP contribution in [0.15, 0.2) is 16.6 Å². The molecule has 0 saturated carbocycles. The molecule has 1 aliphatic heterocycles. The fraction of sp³-hybridized carbons (Fsp3) is 0.600. The van der Waals surface area contributed by atoms with Gasteiger partial charge in [-0.25, -0.2) is 0 Å². The molecule has 1 aromatic rings. The number of nitro groups is 1. The Morgan fingerprint density at radius 2 is 2.04 bits per heavy atom. The number of anilines is 1. The third-order valence-corrected chi connectivity index (χ3v) is 4.70. The number of nitrogens with zero attached hydrogens (tertiary/aromatic N) is 2. The Kier molecular flexibility index (Phi) is 4.83. The summed E-state index contributed by atoms with van der Waals surface area (Å²) in [7, 11) is 0.435. The number of halogens is 1. The molecule has 0 atom stereocenters. The Morgan fingerprint density at radius 1 is 1.39 bits per heavy atom. The van der Waals surface area contributed by atoms with Crippen LogP contribution in [-0.2, 0) is 9.47 Å². The summed E-state index contributed by atoms with van der Waals surface area (Å²) in [4.78, 5) is 12.6. The Bertz CT molecular complexity index is 647. The molecule has 23 heavy (non-hydrogen) atoms. The second-order valence-electron chi connectivity index (χ2n) is 5.29. The lowest BCUT2D eigenvalue weighted by Crippen LogP contribution is -2.39. The molecule has 128 valence electrons. The van der Waals surface area contributed by atoms with Gasteiger partial charge in [-0.15, -0.1) is 0 Å². The summed E-state index contributed by atoms with van der Waals surface area (Å²) < 4.78 is 37.7. The van der Waals surface area contributed by atoms with E-state index in [2.05, 4.69) is 15.9 Å². The molecule has 1 aromatic carbocycles. The largest absolute Gasteiger partial charge is 0.490 e. The van der Waals surface area contributed by atoms with E-state index in [1.54, 1.807) is 14.2 Å². The highest BCUT2D eigenvalue weighted by atomic mass is 79.9. The van der Waals surface area contributed by atoms with Crippen LogP contribution in [0.2, 0.25) is 0 Å². The number of piperidine rings is 1. The first kappa shape index (κ1) is 14.0. The van der Waals surface area contributed by atoms with E-state index in [4.69, 9.17) is 18.3 Å². The predicted octanol–water partition coefficient (Wildman–Crippen LogP) is 3.20. The molecule has 0 unspecified atom stereocenters. The van der Waals surface area contributed by atoms with E-state index in [0.29, 0.717) is 23.2 Å². The van der Waals surface area contributed by atoms with Gasteiger partial charge in [0, 0.05) is 49.8 Å². The maximum Gasteiger partial charge on any atom is 0.312 e. The Morgan fingerprint density at radius 3 is 2.57 bits per heavy atom. The van der Waals surface area contributed by atoms with Crippen LogP contribution in [0.1, 0.15) is 17.0 Å². The summed E-state index contributed by atoms with van der Waals surface area (Å²) in [5.74, 6) is -0.0295. The molecule has 1 aliphatic rings. The van der Waals surface area contributed by atoms with Gasteiger partial charge in [0.1, 0.15) is 0 Å². The molecule has 1 fully saturated rings. The van der Waals surface area contributed by atoms with Gasteiger partial charge in [-0.1, -0.05) is 0 Å². The number of methoxy groups -OCH3 is 3. The zero-order valence-corrected chi connectivity index (χ0v) is 14.5. The van der Waals surface area contributed by atoms with Gasteiger partial charge in [-0.05, 0) is 28.8 Å². The smallest absolute Gasteiger partial charge is 0.312 e. The molecule has 0 aromatic heterocycles. The lowest BCUT2D eigenvalue weighted by atomic mass is 9.95. The number of ether oxygens (including phenoxy) is 3. The number of hydrogen-bond acceptors (Lipinski definition) is 6. The summed E-state index contributed by atoms with van der Waals surface area (Å²) in [5.41, 5.74) is 0.255. The molecule has 0 N–H and O–H groups in total. The Labute approximate surface area is 148 Å². The fourth-order valence-corrected chi connectivity index (χ4v) is 3.47. The van der Waals surface area contributed by atoms with E-state index in [-0.39, 0.29) is 18.0 Å². The molecule has 7 nitrogen and oxygen atoms in total. The molecule has 2 rings (SSSR count). The topological polar surface area (TPSA) is 74.1 Å². The molecule has 0 amide bonds. The molecular weight excluding hydrogens is 368 g/mol. The number of hydrogen-bond donors (Lipinski definition) is 0. The molecule has 0 spiro atoms. The Balaban J connectivity index is 2.24. The molecule has 1 heterocycles. The summed E-state index contributed by atoms with van der Waals surface area (Å²) in [6.07, 6.45) is 1.35. The number of benzene rings is 1. The van der Waals surface area contributed by atoms with Crippen LogP contribution in [0.4, 0.5) is 11.4 Å². The van der Waals surface area contributed by atoms with Gasteiger partial charge < -0.3 is 19.1 Å². The van der Waals surface area contributed by atoms with Crippen molar-refractivity contribution in [2.45, 2.75) is 19.1 Å². The first-order valence-corrected chi connectivity index (χ1v) is 7.93. The average molecular weight is 392 g/mol. The minimum absolute atomic E-state index is 0.246. The van der Waals surface area contributed by atoms with Crippen LogP contribution >= 0.6 is 15.9 Å². The van der Waals surface area contributed by atoms with Crippen molar-refractivity contribution in [2.75, 3.05) is 39.2 Å². The fourth-order valence-electron chi connectivity index (χ4n) is 2.89. The molecule has 8 heteroatoms. The summed E-state index contributed by atoms with van der Waals surface area (Å²) >= 11 is 3.34. The molecular formula is C15H21BrN2O5. The van der Waals surface area contributed by atoms with Gasteiger partial charge in [0.05, 0.1) is 21.8 Å². The first-order chi connectivity index (χ1) is 12.2. The lowest BCUT2D eigenvalue weighted by molar-refractivity contribution is -0.385. The highest BCUT2D eigenvalue weighted by molar-refractivity contribution is 9.10. The van der Waals surface area contributed by atoms with Gasteiger partial charge in [0.2, 0.25) is 0 Å². The van der Waals surface area contributed by atoms with Crippen LogP contribution in [0, 0.1) is 16.0 Å². The SMILES string of the molecule is [2H]C([2H])([2H])Oc1cc(N2CCC(C(OC)OC)CC2)c(Br)cc1[N+](=O)[O-]. The first-order valence-electron chi connectivity index (χ1n) is 8.63. The van der Waals surface area contributed by atoms with Crippen molar-refractivity contribution >= 4 is 27.3 Å². The van der Waals surface area contributed by atoms with Crippen molar-refractivity contribution in [3.8, 4) is 5.75 Å². The zero-order valence-electron chi connectivity index (χ0n) is 16.0. The molecule has 0 aliphatic carbocycles. The van der Waals surface area contributed by atoms with E-state index in [9.17, 15) is 10.1 Å². The van der Waals surface area contributed by atoms with Crippen LogP contribution in [-0.4, -0.2) is 45.6 Å². The second kappa shape index (κ2) is 7.94. The van der Waals surface area contributed by atoms with Gasteiger partial charge >= 0.3 is 5.69 Å². The molecule has 1 saturated heterocycles. The lowest BCUT2D eigenvalue weighted by Gasteiger charge is -2.36. The molecule has 0 bridgehead atoms. The van der Waals surface area contributed by atoms with Crippen molar-refractivity contribution in [3.05, 3.63) is 26.7 Å². The zero-order chi connectivity index (χ0) is 19.5. The van der Waals surface area contributed by atoms with E-state index in [1.165, 1.54) is 12.1 Å². The number of rotatable bonds is 6. The maximum atomic E-state index is 11.2. The van der Waals surface area contributed by atoms with Crippen molar-refractivity contribution in [3.63, 3.8) is 0 Å². The summed E-state index contributed by atoms with van der Waals surface area (Å²) in [6, 6.07) is 2.68. The van der Waals surface area contributed by atoms with Crippen molar-refractivity contribution < 1.29 is 23.2 Å². The monoisotopic (exact) mass is 391 g/mol. The minimum atomic E-state index is -2.77. The summed E-state index contributed by atoms with van der Waals surface area (Å²) in [6.45, 7) is 1.36. The normalized spacial score (nSPS) is 18.4. The van der Waals surface area contributed by atoms with Crippen LogP contribution in [0.3, 0.4) is 0 Å². The van der Waals surface area contributed by atoms with E-state index >= 15 is 0 Å². The van der Waals surface area contributed by atoms with E-state index in [1.807, 2.05) is 4.90 Å².